The van der Waals surface area contributed by atoms with Gasteiger partial charge in [0, 0.05) is 6.08 Å². The van der Waals surface area contributed by atoms with Crippen LogP contribution in [0.2, 0.25) is 0 Å². The van der Waals surface area contributed by atoms with Gasteiger partial charge in [-0.3, -0.25) is 0 Å². The standard InChI is InChI=1S/C24H27N3O5/c1-16(2)21(26-24(29)31-15-18-7-5-4-6-8-18)22(28)23-25-20(32-27-23)14-11-17-9-12-19(30-3)13-10-17/h4-14,16,21-22,28H,15H2,1-3H3,(H,26,29)/t21-,22?/m0/s1. The molecule has 0 aliphatic carbocycles. The van der Waals surface area contributed by atoms with Crippen molar-refractivity contribution >= 4 is 18.2 Å². The van der Waals surface area contributed by atoms with Gasteiger partial charge in [-0.1, -0.05) is 61.5 Å². The van der Waals surface area contributed by atoms with Gasteiger partial charge >= 0.3 is 6.09 Å². The van der Waals surface area contributed by atoms with Gasteiger partial charge in [0.1, 0.15) is 18.5 Å². The Morgan fingerprint density at radius 2 is 1.84 bits per heavy atom. The van der Waals surface area contributed by atoms with Gasteiger partial charge < -0.3 is 24.4 Å². The van der Waals surface area contributed by atoms with Crippen molar-refractivity contribution in [3.8, 4) is 5.75 Å². The highest BCUT2D eigenvalue weighted by Crippen LogP contribution is 2.21. The number of rotatable bonds is 9. The van der Waals surface area contributed by atoms with Gasteiger partial charge in [0.15, 0.2) is 0 Å². The fourth-order valence-electron chi connectivity index (χ4n) is 2.99. The van der Waals surface area contributed by atoms with Crippen LogP contribution >= 0.6 is 0 Å². The maximum Gasteiger partial charge on any atom is 0.407 e. The molecule has 2 N–H and O–H groups in total. The molecule has 2 aromatic carbocycles. The second-order valence-electron chi connectivity index (χ2n) is 7.52. The van der Waals surface area contributed by atoms with Crippen molar-refractivity contribution < 1.29 is 23.9 Å². The van der Waals surface area contributed by atoms with Crippen molar-refractivity contribution in [2.24, 2.45) is 5.92 Å². The minimum Gasteiger partial charge on any atom is -0.497 e. The van der Waals surface area contributed by atoms with E-state index in [4.69, 9.17) is 14.0 Å². The molecule has 0 radical (unpaired) electrons. The molecule has 0 fully saturated rings. The molecule has 32 heavy (non-hydrogen) atoms. The number of aliphatic hydroxyl groups is 1. The van der Waals surface area contributed by atoms with Gasteiger partial charge in [0.05, 0.1) is 13.2 Å². The van der Waals surface area contributed by atoms with Crippen LogP contribution in [0.3, 0.4) is 0 Å². The molecule has 0 saturated carbocycles. The van der Waals surface area contributed by atoms with Crippen LogP contribution < -0.4 is 10.1 Å². The molecule has 3 aromatic rings. The number of aromatic nitrogens is 2. The summed E-state index contributed by atoms with van der Waals surface area (Å²) in [6.07, 6.45) is 1.67. The number of nitrogens with one attached hydrogen (secondary N) is 1. The topological polar surface area (TPSA) is 107 Å². The molecule has 8 heteroatoms. The minimum atomic E-state index is -1.16. The Kier molecular flexibility index (Phi) is 7.99. The van der Waals surface area contributed by atoms with Crippen LogP contribution in [-0.4, -0.2) is 34.5 Å². The van der Waals surface area contributed by atoms with Crippen molar-refractivity contribution in [3.63, 3.8) is 0 Å². The van der Waals surface area contributed by atoms with Gasteiger partial charge in [-0.15, -0.1) is 0 Å². The molecule has 1 amide bonds. The van der Waals surface area contributed by atoms with Crippen molar-refractivity contribution in [1.29, 1.82) is 0 Å². The first-order valence-electron chi connectivity index (χ1n) is 10.3. The molecule has 0 bridgehead atoms. The third-order valence-corrected chi connectivity index (χ3v) is 4.81. The van der Waals surface area contributed by atoms with Gasteiger partial charge in [-0.05, 0) is 35.3 Å². The second kappa shape index (κ2) is 11.1. The number of carbonyl (C=O) groups is 1. The van der Waals surface area contributed by atoms with E-state index < -0.39 is 18.2 Å². The van der Waals surface area contributed by atoms with Crippen LogP contribution in [-0.2, 0) is 11.3 Å². The van der Waals surface area contributed by atoms with E-state index >= 15 is 0 Å². The Morgan fingerprint density at radius 1 is 1.12 bits per heavy atom. The van der Waals surface area contributed by atoms with E-state index in [0.29, 0.717) is 0 Å². The van der Waals surface area contributed by atoms with Crippen molar-refractivity contribution in [2.45, 2.75) is 32.6 Å². The predicted octanol–water partition coefficient (Wildman–Crippen LogP) is 4.23. The molecule has 0 aliphatic rings. The lowest BCUT2D eigenvalue weighted by Gasteiger charge is -2.25. The van der Waals surface area contributed by atoms with Crippen LogP contribution in [0.15, 0.2) is 59.1 Å². The number of ether oxygens (including phenoxy) is 2. The molecule has 3 rings (SSSR count). The first-order valence-corrected chi connectivity index (χ1v) is 10.3. The average Bonchev–Trinajstić information content (AvgIpc) is 3.29. The third-order valence-electron chi connectivity index (χ3n) is 4.81. The summed E-state index contributed by atoms with van der Waals surface area (Å²) in [4.78, 5) is 16.5. The largest absolute Gasteiger partial charge is 0.497 e. The van der Waals surface area contributed by atoms with Crippen LogP contribution in [0, 0.1) is 5.92 Å². The molecule has 1 unspecified atom stereocenters. The maximum absolute atomic E-state index is 12.2. The lowest BCUT2D eigenvalue weighted by molar-refractivity contribution is 0.0796. The highest BCUT2D eigenvalue weighted by molar-refractivity contribution is 5.68. The van der Waals surface area contributed by atoms with Crippen molar-refractivity contribution in [2.75, 3.05) is 7.11 Å². The summed E-state index contributed by atoms with van der Waals surface area (Å²) in [5, 5.41) is 17.3. The fourth-order valence-corrected chi connectivity index (χ4v) is 2.99. The monoisotopic (exact) mass is 437 g/mol. The molecular weight excluding hydrogens is 410 g/mol. The van der Waals surface area contributed by atoms with Crippen molar-refractivity contribution in [1.82, 2.24) is 15.5 Å². The van der Waals surface area contributed by atoms with E-state index in [1.54, 1.807) is 13.2 Å². The summed E-state index contributed by atoms with van der Waals surface area (Å²) in [6, 6.07) is 16.2. The number of methoxy groups -OCH3 is 1. The van der Waals surface area contributed by atoms with Crippen LogP contribution in [0.1, 0.15) is 42.8 Å². The molecule has 2 atom stereocenters. The summed E-state index contributed by atoms with van der Waals surface area (Å²) >= 11 is 0. The number of hydrogen-bond acceptors (Lipinski definition) is 7. The fraction of sp³-hybridized carbons (Fsp3) is 0.292. The minimum absolute atomic E-state index is 0.0847. The molecule has 8 nitrogen and oxygen atoms in total. The Hall–Kier alpha value is -3.65. The molecule has 0 saturated heterocycles. The number of benzene rings is 2. The number of amides is 1. The van der Waals surface area contributed by atoms with Gasteiger partial charge in [-0.25, -0.2) is 4.79 Å². The molecule has 0 spiro atoms. The summed E-state index contributed by atoms with van der Waals surface area (Å²) in [5.41, 5.74) is 1.80. The lowest BCUT2D eigenvalue weighted by atomic mass is 9.98. The number of aliphatic hydroxyl groups excluding tert-OH is 1. The number of hydrogen-bond donors (Lipinski definition) is 2. The van der Waals surface area contributed by atoms with E-state index in [2.05, 4.69) is 15.5 Å². The Balaban J connectivity index is 1.60. The highest BCUT2D eigenvalue weighted by atomic mass is 16.5. The Labute approximate surface area is 186 Å². The average molecular weight is 437 g/mol. The Bertz CT molecular complexity index is 1020. The Morgan fingerprint density at radius 3 is 2.50 bits per heavy atom. The molecule has 0 aliphatic heterocycles. The first-order chi connectivity index (χ1) is 15.5. The first kappa shape index (κ1) is 23.0. The smallest absolute Gasteiger partial charge is 0.407 e. The predicted molar refractivity (Wildman–Crippen MR) is 120 cm³/mol. The number of carbonyl (C=O) groups excluding carboxylic acids is 1. The summed E-state index contributed by atoms with van der Waals surface area (Å²) in [7, 11) is 1.61. The molecular formula is C24H27N3O5. The van der Waals surface area contributed by atoms with E-state index in [0.717, 1.165) is 16.9 Å². The quantitative estimate of drug-likeness (QED) is 0.516. The third kappa shape index (κ3) is 6.42. The van der Waals surface area contributed by atoms with Crippen LogP contribution in [0.4, 0.5) is 4.79 Å². The molecule has 1 heterocycles. The van der Waals surface area contributed by atoms with Crippen LogP contribution in [0.25, 0.3) is 12.2 Å². The number of nitrogens with zero attached hydrogens (tertiary/aromatic N) is 2. The van der Waals surface area contributed by atoms with Crippen LogP contribution in [0.5, 0.6) is 5.75 Å². The lowest BCUT2D eigenvalue weighted by Crippen LogP contribution is -2.43. The zero-order valence-electron chi connectivity index (χ0n) is 18.3. The van der Waals surface area contributed by atoms with E-state index in [1.807, 2.05) is 74.5 Å². The van der Waals surface area contributed by atoms with E-state index in [9.17, 15) is 9.90 Å². The van der Waals surface area contributed by atoms with Crippen molar-refractivity contribution in [3.05, 3.63) is 77.4 Å². The second-order valence-corrected chi connectivity index (χ2v) is 7.52. The summed E-state index contributed by atoms with van der Waals surface area (Å²) in [5.74, 6) is 0.983. The molecule has 168 valence electrons. The van der Waals surface area contributed by atoms with Gasteiger partial charge in [0.25, 0.3) is 5.89 Å². The van der Waals surface area contributed by atoms with E-state index in [-0.39, 0.29) is 24.2 Å². The van der Waals surface area contributed by atoms with E-state index in [1.165, 1.54) is 0 Å². The molecule has 1 aromatic heterocycles. The maximum atomic E-state index is 12.2. The number of alkyl carbamates (subject to hydrolysis) is 1. The SMILES string of the molecule is COc1ccc(C=Cc2nc(C(O)[C@@H](NC(=O)OCc3ccccc3)C(C)C)no2)cc1. The summed E-state index contributed by atoms with van der Waals surface area (Å²) in [6.45, 7) is 3.88. The zero-order chi connectivity index (χ0) is 22.9. The van der Waals surface area contributed by atoms with Gasteiger partial charge in [0.2, 0.25) is 5.82 Å². The summed E-state index contributed by atoms with van der Waals surface area (Å²) < 4.78 is 15.6. The highest BCUT2D eigenvalue weighted by Gasteiger charge is 2.30. The zero-order valence-corrected chi connectivity index (χ0v) is 18.3. The normalized spacial score (nSPS) is 13.2. The van der Waals surface area contributed by atoms with Gasteiger partial charge in [-0.2, -0.15) is 4.98 Å².